The molecule has 1 heterocycles. The Kier molecular flexibility index (Phi) is 5.44. The summed E-state index contributed by atoms with van der Waals surface area (Å²) in [7, 11) is 1.55. The van der Waals surface area contributed by atoms with E-state index in [2.05, 4.69) is 20.9 Å². The van der Waals surface area contributed by atoms with Gasteiger partial charge < -0.3 is 4.74 Å². The Labute approximate surface area is 157 Å². The molecule has 0 unspecified atom stereocenters. The molecular weight excluding hydrogens is 407 g/mol. The van der Waals surface area contributed by atoms with E-state index in [9.17, 15) is 9.18 Å². The van der Waals surface area contributed by atoms with Gasteiger partial charge >= 0.3 is 0 Å². The monoisotopic (exact) mass is 422 g/mol. The first-order valence-corrected chi connectivity index (χ1v) is 9.46. The molecule has 0 spiro atoms. The van der Waals surface area contributed by atoms with Crippen molar-refractivity contribution in [3.8, 4) is 5.75 Å². The fraction of sp³-hybridized carbons (Fsp3) is 0.222. The summed E-state index contributed by atoms with van der Waals surface area (Å²) in [4.78, 5) is 17.3. The van der Waals surface area contributed by atoms with Crippen LogP contribution in [0.5, 0.6) is 5.75 Å². The zero-order valence-corrected chi connectivity index (χ0v) is 16.2. The van der Waals surface area contributed by atoms with Gasteiger partial charge in [-0.1, -0.05) is 27.7 Å². The molecule has 0 amide bonds. The number of aromatic nitrogens is 2. The Morgan fingerprint density at radius 1 is 1.28 bits per heavy atom. The Bertz CT molecular complexity index is 991. The van der Waals surface area contributed by atoms with Gasteiger partial charge in [-0.25, -0.2) is 9.37 Å². The fourth-order valence-electron chi connectivity index (χ4n) is 2.56. The molecule has 0 radical (unpaired) electrons. The average molecular weight is 423 g/mol. The van der Waals surface area contributed by atoms with Crippen LogP contribution in [0.15, 0.2) is 50.8 Å². The van der Waals surface area contributed by atoms with Crippen molar-refractivity contribution in [2.45, 2.75) is 24.4 Å². The quantitative estimate of drug-likeness (QED) is 0.444. The van der Waals surface area contributed by atoms with Crippen molar-refractivity contribution in [2.75, 3.05) is 7.11 Å². The van der Waals surface area contributed by atoms with Gasteiger partial charge in [0, 0.05) is 22.3 Å². The zero-order chi connectivity index (χ0) is 18.0. The van der Waals surface area contributed by atoms with Gasteiger partial charge in [0.15, 0.2) is 5.16 Å². The molecular formula is C18H16BrFN2O2S. The van der Waals surface area contributed by atoms with Gasteiger partial charge in [-0.15, -0.1) is 0 Å². The van der Waals surface area contributed by atoms with Gasteiger partial charge in [0.25, 0.3) is 5.56 Å². The van der Waals surface area contributed by atoms with Crippen molar-refractivity contribution in [1.29, 1.82) is 0 Å². The minimum atomic E-state index is -0.319. The topological polar surface area (TPSA) is 44.1 Å². The number of rotatable bonds is 5. The molecule has 0 aliphatic heterocycles. The summed E-state index contributed by atoms with van der Waals surface area (Å²) in [5, 5.41) is 1.18. The molecule has 0 aliphatic carbocycles. The maximum atomic E-state index is 13.5. The largest absolute Gasteiger partial charge is 0.496 e. The van der Waals surface area contributed by atoms with Crippen molar-refractivity contribution in [3.05, 3.63) is 62.6 Å². The molecule has 0 atom stereocenters. The lowest BCUT2D eigenvalue weighted by Crippen LogP contribution is -2.22. The summed E-state index contributed by atoms with van der Waals surface area (Å²) in [6.07, 6.45) is 0. The van der Waals surface area contributed by atoms with Crippen LogP contribution in [0.2, 0.25) is 0 Å². The first-order valence-electron chi connectivity index (χ1n) is 7.68. The number of benzene rings is 2. The number of halogens is 2. The second kappa shape index (κ2) is 7.58. The van der Waals surface area contributed by atoms with E-state index in [4.69, 9.17) is 4.74 Å². The van der Waals surface area contributed by atoms with Crippen LogP contribution in [0, 0.1) is 5.82 Å². The van der Waals surface area contributed by atoms with Crippen LogP contribution < -0.4 is 10.3 Å². The highest BCUT2D eigenvalue weighted by Gasteiger charge is 2.13. The van der Waals surface area contributed by atoms with Crippen LogP contribution in [0.3, 0.4) is 0 Å². The predicted octanol–water partition coefficient (Wildman–Crippen LogP) is 4.62. The van der Waals surface area contributed by atoms with Crippen molar-refractivity contribution in [1.82, 2.24) is 9.55 Å². The number of nitrogens with zero attached hydrogens (tertiary/aromatic N) is 2. The van der Waals surface area contributed by atoms with Crippen LogP contribution in [0.1, 0.15) is 12.5 Å². The molecule has 4 nitrogen and oxygen atoms in total. The maximum absolute atomic E-state index is 13.5. The number of ether oxygens (including phenoxy) is 1. The number of thioether (sulfide) groups is 1. The summed E-state index contributed by atoms with van der Waals surface area (Å²) in [5.41, 5.74) is 1.29. The molecule has 0 bridgehead atoms. The zero-order valence-electron chi connectivity index (χ0n) is 13.8. The van der Waals surface area contributed by atoms with Crippen LogP contribution in [0.25, 0.3) is 10.9 Å². The van der Waals surface area contributed by atoms with Crippen molar-refractivity contribution in [3.63, 3.8) is 0 Å². The minimum Gasteiger partial charge on any atom is -0.496 e. The Hall–Kier alpha value is -1.86. The van der Waals surface area contributed by atoms with Crippen LogP contribution in [0.4, 0.5) is 4.39 Å². The second-order valence-corrected chi connectivity index (χ2v) is 7.21. The third kappa shape index (κ3) is 3.72. The molecule has 7 heteroatoms. The van der Waals surface area contributed by atoms with Crippen LogP contribution in [-0.4, -0.2) is 16.7 Å². The van der Waals surface area contributed by atoms with E-state index in [0.717, 1.165) is 10.0 Å². The van der Waals surface area contributed by atoms with E-state index in [1.54, 1.807) is 23.8 Å². The lowest BCUT2D eigenvalue weighted by atomic mass is 10.2. The summed E-state index contributed by atoms with van der Waals surface area (Å²) < 4.78 is 21.3. The van der Waals surface area contributed by atoms with E-state index in [1.165, 1.54) is 23.9 Å². The molecule has 3 rings (SSSR count). The summed E-state index contributed by atoms with van der Waals surface area (Å²) >= 11 is 4.77. The van der Waals surface area contributed by atoms with Crippen molar-refractivity contribution >= 4 is 38.6 Å². The molecule has 0 saturated carbocycles. The summed E-state index contributed by atoms with van der Waals surface area (Å²) in [6, 6.07) is 9.85. The Morgan fingerprint density at radius 2 is 2.08 bits per heavy atom. The van der Waals surface area contributed by atoms with Crippen LogP contribution in [-0.2, 0) is 12.3 Å². The smallest absolute Gasteiger partial charge is 0.262 e. The number of methoxy groups -OCH3 is 1. The fourth-order valence-corrected chi connectivity index (χ4v) is 3.97. The summed E-state index contributed by atoms with van der Waals surface area (Å²) in [6.45, 7) is 2.41. The lowest BCUT2D eigenvalue weighted by Gasteiger charge is -2.12. The molecule has 0 N–H and O–H groups in total. The van der Waals surface area contributed by atoms with Gasteiger partial charge in [0.2, 0.25) is 0 Å². The van der Waals surface area contributed by atoms with E-state index in [-0.39, 0.29) is 11.4 Å². The van der Waals surface area contributed by atoms with Gasteiger partial charge in [-0.3, -0.25) is 9.36 Å². The van der Waals surface area contributed by atoms with E-state index in [0.29, 0.717) is 34.1 Å². The van der Waals surface area contributed by atoms with Gasteiger partial charge in [-0.05, 0) is 43.3 Å². The Morgan fingerprint density at radius 3 is 2.80 bits per heavy atom. The van der Waals surface area contributed by atoms with E-state index >= 15 is 0 Å². The number of hydrogen-bond donors (Lipinski definition) is 0. The second-order valence-electron chi connectivity index (χ2n) is 5.35. The molecule has 0 saturated heterocycles. The molecule has 3 aromatic rings. The van der Waals surface area contributed by atoms with E-state index < -0.39 is 0 Å². The molecule has 25 heavy (non-hydrogen) atoms. The van der Waals surface area contributed by atoms with Gasteiger partial charge in [-0.2, -0.15) is 0 Å². The lowest BCUT2D eigenvalue weighted by molar-refractivity contribution is 0.410. The third-order valence-electron chi connectivity index (χ3n) is 3.80. The maximum Gasteiger partial charge on any atom is 0.262 e. The minimum absolute atomic E-state index is 0.0810. The SMILES string of the molecule is CCn1c(SCc2cc(F)ccc2OC)nc2ccc(Br)cc2c1=O. The average Bonchev–Trinajstić information content (AvgIpc) is 2.61. The predicted molar refractivity (Wildman–Crippen MR) is 102 cm³/mol. The first-order chi connectivity index (χ1) is 12.0. The molecule has 0 fully saturated rings. The normalized spacial score (nSPS) is 11.0. The molecule has 130 valence electrons. The standard InChI is InChI=1S/C18H16BrFN2O2S/c1-3-22-17(23)14-9-12(19)4-6-15(14)21-18(22)25-10-11-8-13(20)5-7-16(11)24-2/h4-9H,3,10H2,1-2H3. The highest BCUT2D eigenvalue weighted by Crippen LogP contribution is 2.28. The third-order valence-corrected chi connectivity index (χ3v) is 5.32. The van der Waals surface area contributed by atoms with Crippen molar-refractivity contribution < 1.29 is 9.13 Å². The number of hydrogen-bond acceptors (Lipinski definition) is 4. The molecule has 2 aromatic carbocycles. The first kappa shape index (κ1) is 17.9. The van der Waals surface area contributed by atoms with E-state index in [1.807, 2.05) is 19.1 Å². The molecule has 0 aliphatic rings. The van der Waals surface area contributed by atoms with Crippen LogP contribution >= 0.6 is 27.7 Å². The highest BCUT2D eigenvalue weighted by atomic mass is 79.9. The molecule has 1 aromatic heterocycles. The summed E-state index contributed by atoms with van der Waals surface area (Å²) in [5.74, 6) is 0.750. The van der Waals surface area contributed by atoms with Crippen molar-refractivity contribution in [2.24, 2.45) is 0 Å². The van der Waals surface area contributed by atoms with Gasteiger partial charge in [0.05, 0.1) is 18.0 Å². The Balaban J connectivity index is 2.00. The number of fused-ring (bicyclic) bond motifs is 1. The highest BCUT2D eigenvalue weighted by molar-refractivity contribution is 9.10. The van der Waals surface area contributed by atoms with Gasteiger partial charge in [0.1, 0.15) is 11.6 Å².